The Morgan fingerprint density at radius 3 is 2.71 bits per heavy atom. The summed E-state index contributed by atoms with van der Waals surface area (Å²) in [5.74, 6) is 0.289. The second-order valence-electron chi connectivity index (χ2n) is 3.58. The Morgan fingerprint density at radius 1 is 1.41 bits per heavy atom. The number of carbonyl (C=O) groups excluding carboxylic acids is 1. The average Bonchev–Trinajstić information content (AvgIpc) is 2.30. The first-order valence-electron chi connectivity index (χ1n) is 4.98. The van der Waals surface area contributed by atoms with Crippen molar-refractivity contribution in [2.45, 2.75) is 0 Å². The van der Waals surface area contributed by atoms with Gasteiger partial charge in [-0.25, -0.2) is 9.78 Å². The standard InChI is InChI=1S/C10H10BrN3O3/c11-7-1-2-8(12-5-7)14-4-3-13(10(16)17)6-9(14)15/h1-2,5H,3-4,6H2,(H,16,17). The van der Waals surface area contributed by atoms with E-state index in [2.05, 4.69) is 20.9 Å². The van der Waals surface area contributed by atoms with Crippen LogP contribution in [0.3, 0.4) is 0 Å². The van der Waals surface area contributed by atoms with Crippen molar-refractivity contribution < 1.29 is 14.7 Å². The summed E-state index contributed by atoms with van der Waals surface area (Å²) in [6, 6.07) is 3.51. The minimum Gasteiger partial charge on any atom is -0.465 e. The number of carboxylic acid groups (broad SMARTS) is 1. The van der Waals surface area contributed by atoms with E-state index in [0.29, 0.717) is 18.9 Å². The van der Waals surface area contributed by atoms with E-state index in [-0.39, 0.29) is 12.5 Å². The minimum absolute atomic E-state index is 0.118. The number of carbonyl (C=O) groups is 2. The van der Waals surface area contributed by atoms with Gasteiger partial charge in [0.05, 0.1) is 0 Å². The van der Waals surface area contributed by atoms with Crippen LogP contribution in [0.25, 0.3) is 0 Å². The van der Waals surface area contributed by atoms with Gasteiger partial charge in [-0.2, -0.15) is 0 Å². The summed E-state index contributed by atoms with van der Waals surface area (Å²) in [6.45, 7) is 0.520. The molecule has 1 saturated heterocycles. The lowest BCUT2D eigenvalue weighted by atomic mass is 10.3. The van der Waals surface area contributed by atoms with E-state index in [1.54, 1.807) is 18.3 Å². The van der Waals surface area contributed by atoms with Crippen LogP contribution in [0, 0.1) is 0 Å². The number of amides is 2. The maximum absolute atomic E-state index is 11.8. The molecule has 2 amide bonds. The number of hydrogen-bond donors (Lipinski definition) is 1. The first-order valence-corrected chi connectivity index (χ1v) is 5.77. The summed E-state index contributed by atoms with van der Waals surface area (Å²) in [6.07, 6.45) is 0.536. The van der Waals surface area contributed by atoms with E-state index in [1.807, 2.05) is 0 Å². The maximum Gasteiger partial charge on any atom is 0.407 e. The number of piperazine rings is 1. The van der Waals surface area contributed by atoms with E-state index in [1.165, 1.54) is 4.90 Å². The third-order valence-electron chi connectivity index (χ3n) is 2.48. The van der Waals surface area contributed by atoms with Gasteiger partial charge in [0.15, 0.2) is 0 Å². The molecule has 1 aliphatic rings. The maximum atomic E-state index is 11.8. The molecule has 0 saturated carbocycles. The van der Waals surface area contributed by atoms with Crippen molar-refractivity contribution in [2.24, 2.45) is 0 Å². The highest BCUT2D eigenvalue weighted by Gasteiger charge is 2.28. The minimum atomic E-state index is -1.07. The number of rotatable bonds is 1. The van der Waals surface area contributed by atoms with E-state index in [4.69, 9.17) is 5.11 Å². The second-order valence-corrected chi connectivity index (χ2v) is 4.50. The average molecular weight is 300 g/mol. The topological polar surface area (TPSA) is 73.7 Å². The molecule has 0 atom stereocenters. The summed E-state index contributed by atoms with van der Waals surface area (Å²) in [5, 5.41) is 8.78. The van der Waals surface area contributed by atoms with Crippen LogP contribution in [0.4, 0.5) is 10.6 Å². The van der Waals surface area contributed by atoms with Gasteiger partial charge in [-0.3, -0.25) is 14.6 Å². The third kappa shape index (κ3) is 2.55. The molecule has 0 aromatic carbocycles. The summed E-state index contributed by atoms with van der Waals surface area (Å²) in [4.78, 5) is 29.2. The number of anilines is 1. The van der Waals surface area contributed by atoms with Crippen LogP contribution in [0.15, 0.2) is 22.8 Å². The van der Waals surface area contributed by atoms with Crippen molar-refractivity contribution in [3.05, 3.63) is 22.8 Å². The Kier molecular flexibility index (Phi) is 3.28. The highest BCUT2D eigenvalue weighted by molar-refractivity contribution is 9.10. The molecule has 2 heterocycles. The molecule has 1 aliphatic heterocycles. The SMILES string of the molecule is O=C(O)N1CCN(c2ccc(Br)cn2)C(=O)C1. The predicted molar refractivity (Wildman–Crippen MR) is 63.9 cm³/mol. The van der Waals surface area contributed by atoms with Gasteiger partial charge in [0, 0.05) is 23.8 Å². The van der Waals surface area contributed by atoms with Crippen LogP contribution in [-0.4, -0.2) is 46.6 Å². The van der Waals surface area contributed by atoms with Crippen LogP contribution >= 0.6 is 15.9 Å². The molecule has 0 bridgehead atoms. The molecule has 2 rings (SSSR count). The van der Waals surface area contributed by atoms with Gasteiger partial charge in [0.1, 0.15) is 12.4 Å². The molecule has 0 unspecified atom stereocenters. The zero-order valence-corrected chi connectivity index (χ0v) is 10.4. The molecular weight excluding hydrogens is 290 g/mol. The molecule has 90 valence electrons. The van der Waals surface area contributed by atoms with Crippen LogP contribution in [0.2, 0.25) is 0 Å². The van der Waals surface area contributed by atoms with Gasteiger partial charge < -0.3 is 5.11 Å². The molecule has 17 heavy (non-hydrogen) atoms. The predicted octanol–water partition coefficient (Wildman–Crippen LogP) is 1.17. The van der Waals surface area contributed by atoms with E-state index in [0.717, 1.165) is 9.37 Å². The fourth-order valence-corrected chi connectivity index (χ4v) is 1.84. The Hall–Kier alpha value is -1.63. The Balaban J connectivity index is 2.12. The van der Waals surface area contributed by atoms with Gasteiger partial charge in [0.2, 0.25) is 5.91 Å². The van der Waals surface area contributed by atoms with Crippen molar-refractivity contribution in [3.8, 4) is 0 Å². The third-order valence-corrected chi connectivity index (χ3v) is 2.95. The highest BCUT2D eigenvalue weighted by Crippen LogP contribution is 2.17. The smallest absolute Gasteiger partial charge is 0.407 e. The van der Waals surface area contributed by atoms with Gasteiger partial charge in [-0.05, 0) is 28.1 Å². The van der Waals surface area contributed by atoms with E-state index >= 15 is 0 Å². The lowest BCUT2D eigenvalue weighted by Gasteiger charge is -2.31. The van der Waals surface area contributed by atoms with Crippen LogP contribution in [0.5, 0.6) is 0 Å². The largest absolute Gasteiger partial charge is 0.465 e. The van der Waals surface area contributed by atoms with Crippen molar-refractivity contribution in [2.75, 3.05) is 24.5 Å². The zero-order valence-electron chi connectivity index (χ0n) is 8.84. The monoisotopic (exact) mass is 299 g/mol. The zero-order chi connectivity index (χ0) is 12.4. The number of aromatic nitrogens is 1. The van der Waals surface area contributed by atoms with E-state index < -0.39 is 6.09 Å². The normalized spacial score (nSPS) is 16.2. The summed E-state index contributed by atoms with van der Waals surface area (Å²) < 4.78 is 0.831. The Labute approximate surface area is 106 Å². The number of halogens is 1. The fourth-order valence-electron chi connectivity index (χ4n) is 1.61. The molecule has 1 fully saturated rings. The van der Waals surface area contributed by atoms with Crippen LogP contribution in [-0.2, 0) is 4.79 Å². The van der Waals surface area contributed by atoms with Gasteiger partial charge in [-0.1, -0.05) is 0 Å². The molecule has 0 spiro atoms. The van der Waals surface area contributed by atoms with Crippen molar-refractivity contribution in [1.29, 1.82) is 0 Å². The molecule has 0 radical (unpaired) electrons. The Morgan fingerprint density at radius 2 is 2.18 bits per heavy atom. The summed E-state index contributed by atoms with van der Waals surface area (Å²) in [5.41, 5.74) is 0. The molecule has 1 aromatic heterocycles. The Bertz CT molecular complexity index is 449. The molecule has 1 N–H and O–H groups in total. The highest BCUT2D eigenvalue weighted by atomic mass is 79.9. The lowest BCUT2D eigenvalue weighted by molar-refractivity contribution is -0.120. The number of hydrogen-bond acceptors (Lipinski definition) is 3. The quantitative estimate of drug-likeness (QED) is 0.845. The van der Waals surface area contributed by atoms with Crippen LogP contribution in [0.1, 0.15) is 0 Å². The number of pyridine rings is 1. The fraction of sp³-hybridized carbons (Fsp3) is 0.300. The van der Waals surface area contributed by atoms with Gasteiger partial charge in [-0.15, -0.1) is 0 Å². The summed E-state index contributed by atoms with van der Waals surface area (Å²) >= 11 is 3.26. The molecule has 0 aliphatic carbocycles. The second kappa shape index (κ2) is 4.70. The lowest BCUT2D eigenvalue weighted by Crippen LogP contribution is -2.52. The van der Waals surface area contributed by atoms with Crippen LogP contribution < -0.4 is 4.90 Å². The first-order chi connectivity index (χ1) is 8.08. The van der Waals surface area contributed by atoms with Gasteiger partial charge >= 0.3 is 6.09 Å². The van der Waals surface area contributed by atoms with Crippen molar-refractivity contribution in [1.82, 2.24) is 9.88 Å². The first kappa shape index (κ1) is 11.8. The molecule has 1 aromatic rings. The van der Waals surface area contributed by atoms with Crippen molar-refractivity contribution in [3.63, 3.8) is 0 Å². The van der Waals surface area contributed by atoms with Gasteiger partial charge in [0.25, 0.3) is 0 Å². The molecule has 7 heteroatoms. The van der Waals surface area contributed by atoms with E-state index in [9.17, 15) is 9.59 Å². The summed E-state index contributed by atoms with van der Waals surface area (Å²) in [7, 11) is 0. The molecular formula is C10H10BrN3O3. The van der Waals surface area contributed by atoms with Crippen molar-refractivity contribution >= 4 is 33.7 Å². The molecule has 6 nitrogen and oxygen atoms in total. The number of nitrogens with zero attached hydrogens (tertiary/aromatic N) is 3.